The Morgan fingerprint density at radius 1 is 0.977 bits per heavy atom. The van der Waals surface area contributed by atoms with Crippen LogP contribution in [0.3, 0.4) is 0 Å². The molecule has 2 unspecified atom stereocenters. The smallest absolute Gasteiger partial charge is 0.378 e. The topological polar surface area (TPSA) is 63.7 Å². The fraction of sp³-hybridized carbons (Fsp3) is 0.567. The molecule has 2 heterocycles. The minimum atomic E-state index is -6.34. The van der Waals surface area contributed by atoms with E-state index in [4.69, 9.17) is 4.74 Å². The summed E-state index contributed by atoms with van der Waals surface area (Å²) in [5.41, 5.74) is -7.70. The Bertz CT molecular complexity index is 1510. The van der Waals surface area contributed by atoms with Crippen LogP contribution in [0.25, 0.3) is 0 Å². The zero-order valence-corrected chi connectivity index (χ0v) is 24.6. The van der Waals surface area contributed by atoms with Gasteiger partial charge in [-0.05, 0) is 73.4 Å². The van der Waals surface area contributed by atoms with Crippen LogP contribution in [0.15, 0.2) is 47.4 Å². The summed E-state index contributed by atoms with van der Waals surface area (Å²) in [4.78, 5) is 15.0. The highest BCUT2D eigenvalue weighted by atomic mass is 32.2. The first kappa shape index (κ1) is 32.6. The van der Waals surface area contributed by atoms with E-state index in [0.717, 1.165) is 30.3 Å². The van der Waals surface area contributed by atoms with Gasteiger partial charge in [-0.3, -0.25) is 4.79 Å². The lowest BCUT2D eigenvalue weighted by Crippen LogP contribution is -2.54. The third-order valence-corrected chi connectivity index (χ3v) is 11.9. The molecule has 5 nitrogen and oxygen atoms in total. The van der Waals surface area contributed by atoms with Crippen molar-refractivity contribution in [2.24, 2.45) is 11.8 Å². The molecule has 5 rings (SSSR count). The number of amides is 1. The predicted molar refractivity (Wildman–Crippen MR) is 142 cm³/mol. The van der Waals surface area contributed by atoms with Crippen LogP contribution >= 0.6 is 0 Å². The summed E-state index contributed by atoms with van der Waals surface area (Å²) in [6, 6.07) is 4.42. The van der Waals surface area contributed by atoms with Gasteiger partial charge in [0.1, 0.15) is 10.6 Å². The number of aryl methyl sites for hydroxylation is 1. The second-order valence-corrected chi connectivity index (χ2v) is 14.3. The van der Waals surface area contributed by atoms with Gasteiger partial charge in [0.2, 0.25) is 5.91 Å². The molecule has 0 radical (unpaired) electrons. The zero-order valence-electron chi connectivity index (χ0n) is 23.8. The van der Waals surface area contributed by atoms with Crippen LogP contribution in [-0.2, 0) is 36.2 Å². The maximum absolute atomic E-state index is 15.0. The van der Waals surface area contributed by atoms with Crippen LogP contribution in [0.1, 0.15) is 56.2 Å². The Hall–Kier alpha value is -2.74. The molecule has 2 aromatic carbocycles. The van der Waals surface area contributed by atoms with Crippen LogP contribution in [0.2, 0.25) is 0 Å². The van der Waals surface area contributed by atoms with Crippen molar-refractivity contribution in [3.05, 3.63) is 65.0 Å². The first-order valence-electron chi connectivity index (χ1n) is 14.2. The fourth-order valence-corrected chi connectivity index (χ4v) is 9.44. The molecule has 2 fully saturated rings. The minimum absolute atomic E-state index is 0.0486. The van der Waals surface area contributed by atoms with Crippen molar-refractivity contribution >= 4 is 15.7 Å². The zero-order chi connectivity index (χ0) is 32.5. The average Bonchev–Trinajstić information content (AvgIpc) is 3.37. The van der Waals surface area contributed by atoms with Gasteiger partial charge in [0.15, 0.2) is 9.84 Å². The van der Waals surface area contributed by atoms with E-state index in [9.17, 15) is 43.9 Å². The number of hydrogen-bond donors (Lipinski definition) is 0. The molecule has 3 aliphatic rings. The number of halogens is 8. The molecule has 2 saturated heterocycles. The summed E-state index contributed by atoms with van der Waals surface area (Å²) in [6.07, 6.45) is -12.6. The van der Waals surface area contributed by atoms with Crippen LogP contribution in [-0.4, -0.2) is 56.9 Å². The van der Waals surface area contributed by atoms with Gasteiger partial charge in [-0.25, -0.2) is 17.2 Å². The summed E-state index contributed by atoms with van der Waals surface area (Å²) in [6.45, 7) is 4.17. The van der Waals surface area contributed by atoms with Crippen LogP contribution in [0.5, 0.6) is 0 Å². The molecule has 2 aromatic rings. The van der Waals surface area contributed by atoms with Crippen molar-refractivity contribution in [3.8, 4) is 0 Å². The molecule has 242 valence electrons. The van der Waals surface area contributed by atoms with Crippen molar-refractivity contribution in [3.63, 3.8) is 0 Å². The Labute approximate surface area is 249 Å². The lowest BCUT2D eigenvalue weighted by molar-refractivity contribution is -0.348. The largest absolute Gasteiger partial charge is 0.435 e. The summed E-state index contributed by atoms with van der Waals surface area (Å²) in [7, 11) is -4.54. The standard InChI is InChI=1S/C30H31F8NO4S/c1-17(2)24-16-19(11-14-43-24)26(40)39-13-12-27(44(41,42)22-7-5-21(31)6-8-22)23-9-4-20(15-18(23)3-10-25(27)39)28(32,29(33,34)35)30(36,37)38/h4-9,15,17,19,24-25H,3,10-14,16H2,1-2H3/t19?,24?,25-,27-/m1/s1. The van der Waals surface area contributed by atoms with Gasteiger partial charge >= 0.3 is 18.0 Å². The molecule has 14 heteroatoms. The highest BCUT2D eigenvalue weighted by molar-refractivity contribution is 7.92. The second kappa shape index (κ2) is 11.0. The average molecular weight is 654 g/mol. The Morgan fingerprint density at radius 2 is 1.61 bits per heavy atom. The quantitative estimate of drug-likeness (QED) is 0.264. The molecular weight excluding hydrogens is 622 g/mol. The molecule has 4 atom stereocenters. The van der Waals surface area contributed by atoms with Crippen LogP contribution in [0, 0.1) is 17.7 Å². The molecular formula is C30H31F8NO4S. The molecule has 1 aliphatic carbocycles. The highest BCUT2D eigenvalue weighted by Gasteiger charge is 2.74. The third-order valence-electron chi connectivity index (χ3n) is 9.36. The first-order chi connectivity index (χ1) is 20.4. The van der Waals surface area contributed by atoms with Crippen LogP contribution < -0.4 is 0 Å². The SMILES string of the molecule is CC(C)C1CC(C(=O)N2CC[C@@]3(S(=O)(=O)c4ccc(F)cc4)c4ccc(C(F)(C(F)(F)F)C(F)(F)F)cc4CC[C@@H]23)CCO1. The fourth-order valence-electron chi connectivity index (χ4n) is 7.07. The molecule has 1 amide bonds. The Balaban J connectivity index is 1.64. The normalized spacial score (nSPS) is 26.4. The summed E-state index contributed by atoms with van der Waals surface area (Å²) in [5, 5.41) is 0. The molecule has 44 heavy (non-hydrogen) atoms. The van der Waals surface area contributed by atoms with Crippen molar-refractivity contribution in [1.29, 1.82) is 0 Å². The summed E-state index contributed by atoms with van der Waals surface area (Å²) in [5.74, 6) is -1.39. The van der Waals surface area contributed by atoms with E-state index in [1.165, 1.54) is 4.90 Å². The molecule has 0 aromatic heterocycles. The number of nitrogens with zero attached hydrogens (tertiary/aromatic N) is 1. The van der Waals surface area contributed by atoms with Crippen molar-refractivity contribution < 1.29 is 53.1 Å². The number of hydrogen-bond acceptors (Lipinski definition) is 4. The summed E-state index contributed by atoms with van der Waals surface area (Å²) < 4.78 is 143. The van der Waals surface area contributed by atoms with E-state index in [2.05, 4.69) is 0 Å². The molecule has 2 aliphatic heterocycles. The first-order valence-corrected chi connectivity index (χ1v) is 15.7. The predicted octanol–water partition coefficient (Wildman–Crippen LogP) is 6.78. The molecule has 0 N–H and O–H groups in total. The number of alkyl halides is 7. The van der Waals surface area contributed by atoms with Gasteiger partial charge < -0.3 is 9.64 Å². The van der Waals surface area contributed by atoms with Gasteiger partial charge in [0, 0.05) is 24.6 Å². The van der Waals surface area contributed by atoms with Gasteiger partial charge in [-0.2, -0.15) is 26.3 Å². The molecule has 0 bridgehead atoms. The van der Waals surface area contributed by atoms with E-state index in [1.54, 1.807) is 0 Å². The lowest BCUT2D eigenvalue weighted by atomic mass is 9.76. The van der Waals surface area contributed by atoms with Crippen molar-refractivity contribution in [2.45, 2.75) is 85.8 Å². The number of rotatable bonds is 5. The summed E-state index contributed by atoms with van der Waals surface area (Å²) >= 11 is 0. The van der Waals surface area contributed by atoms with Gasteiger partial charge in [-0.15, -0.1) is 0 Å². The van der Waals surface area contributed by atoms with E-state index < -0.39 is 55.9 Å². The van der Waals surface area contributed by atoms with E-state index >= 15 is 4.39 Å². The van der Waals surface area contributed by atoms with Gasteiger partial charge in [0.05, 0.1) is 17.0 Å². The maximum Gasteiger partial charge on any atom is 0.435 e. The third kappa shape index (κ3) is 4.90. The van der Waals surface area contributed by atoms with Crippen molar-refractivity contribution in [1.82, 2.24) is 4.90 Å². The number of benzene rings is 2. The minimum Gasteiger partial charge on any atom is -0.378 e. The number of sulfone groups is 1. The van der Waals surface area contributed by atoms with E-state index in [-0.39, 0.29) is 59.8 Å². The number of likely N-dealkylation sites (tertiary alicyclic amines) is 1. The van der Waals surface area contributed by atoms with Crippen molar-refractivity contribution in [2.75, 3.05) is 13.2 Å². The van der Waals surface area contributed by atoms with E-state index in [0.29, 0.717) is 31.6 Å². The van der Waals surface area contributed by atoms with Gasteiger partial charge in [-0.1, -0.05) is 32.0 Å². The second-order valence-electron chi connectivity index (χ2n) is 12.1. The molecule has 0 spiro atoms. The Morgan fingerprint density at radius 3 is 2.20 bits per heavy atom. The van der Waals surface area contributed by atoms with Gasteiger partial charge in [0.25, 0.3) is 0 Å². The number of fused-ring (bicyclic) bond motifs is 3. The number of ether oxygens (including phenoxy) is 1. The monoisotopic (exact) mass is 653 g/mol. The Kier molecular flexibility index (Phi) is 8.13. The van der Waals surface area contributed by atoms with E-state index in [1.807, 2.05) is 13.8 Å². The van der Waals surface area contributed by atoms with Crippen LogP contribution in [0.4, 0.5) is 35.1 Å². The maximum atomic E-state index is 15.0. The lowest BCUT2D eigenvalue weighted by Gasteiger charge is -2.44. The number of carbonyl (C=O) groups excluding carboxylic acids is 1. The highest BCUT2D eigenvalue weighted by Crippen LogP contribution is 2.57. The molecule has 0 saturated carbocycles. The number of carbonyl (C=O) groups is 1.